The van der Waals surface area contributed by atoms with Crippen molar-refractivity contribution in [3.8, 4) is 0 Å². The predicted octanol–water partition coefficient (Wildman–Crippen LogP) is 4.50. The minimum Gasteiger partial charge on any atom is -0.396 e. The molecule has 1 atom stereocenters. The second-order valence-corrected chi connectivity index (χ2v) is 5.97. The Hall–Kier alpha value is -0.830. The van der Waals surface area contributed by atoms with E-state index in [4.69, 9.17) is 11.6 Å². The molecular weight excluding hydrogens is 324 g/mol. The molecule has 0 fully saturated rings. The maximum atomic E-state index is 9.55. The van der Waals surface area contributed by atoms with E-state index >= 15 is 0 Å². The van der Waals surface area contributed by atoms with E-state index in [0.29, 0.717) is 0 Å². The summed E-state index contributed by atoms with van der Waals surface area (Å²) in [5.41, 5.74) is 2.44. The van der Waals surface area contributed by atoms with Crippen molar-refractivity contribution in [3.63, 3.8) is 0 Å². The Labute approximate surface area is 127 Å². The molecule has 0 aromatic heterocycles. The SMILES string of the molecule is OCC(Cc1ccc(Cl)cc1)Cc1ccccc1Br. The second-order valence-electron chi connectivity index (χ2n) is 4.67. The molecule has 2 rings (SSSR count). The Balaban J connectivity index is 2.05. The van der Waals surface area contributed by atoms with E-state index in [0.717, 1.165) is 22.3 Å². The molecule has 1 unspecified atom stereocenters. The van der Waals surface area contributed by atoms with E-state index in [1.165, 1.54) is 11.1 Å². The summed E-state index contributed by atoms with van der Waals surface area (Å²) in [6, 6.07) is 16.0. The van der Waals surface area contributed by atoms with E-state index in [-0.39, 0.29) is 12.5 Å². The maximum absolute atomic E-state index is 9.55. The molecule has 2 aromatic carbocycles. The lowest BCUT2D eigenvalue weighted by Gasteiger charge is -2.15. The lowest BCUT2D eigenvalue weighted by atomic mass is 9.93. The fraction of sp³-hybridized carbons (Fsp3) is 0.250. The average Bonchev–Trinajstić information content (AvgIpc) is 2.43. The monoisotopic (exact) mass is 338 g/mol. The zero-order chi connectivity index (χ0) is 13.7. The lowest BCUT2D eigenvalue weighted by Crippen LogP contribution is -2.13. The fourth-order valence-corrected chi connectivity index (χ4v) is 2.70. The summed E-state index contributed by atoms with van der Waals surface area (Å²) in [5, 5.41) is 10.3. The zero-order valence-corrected chi connectivity index (χ0v) is 12.9. The van der Waals surface area contributed by atoms with E-state index in [2.05, 4.69) is 22.0 Å². The van der Waals surface area contributed by atoms with Crippen LogP contribution in [0.2, 0.25) is 5.02 Å². The molecule has 1 N–H and O–H groups in total. The topological polar surface area (TPSA) is 20.2 Å². The van der Waals surface area contributed by atoms with Gasteiger partial charge in [0.2, 0.25) is 0 Å². The van der Waals surface area contributed by atoms with Gasteiger partial charge in [-0.25, -0.2) is 0 Å². The molecule has 3 heteroatoms. The summed E-state index contributed by atoms with van der Waals surface area (Å²) in [6.07, 6.45) is 1.72. The van der Waals surface area contributed by atoms with Gasteiger partial charge in [0, 0.05) is 16.1 Å². The van der Waals surface area contributed by atoms with Gasteiger partial charge in [-0.3, -0.25) is 0 Å². The molecule has 0 amide bonds. The fourth-order valence-electron chi connectivity index (χ4n) is 2.13. The summed E-state index contributed by atoms with van der Waals surface area (Å²) in [4.78, 5) is 0. The lowest BCUT2D eigenvalue weighted by molar-refractivity contribution is 0.225. The van der Waals surface area contributed by atoms with E-state index in [1.807, 2.05) is 42.5 Å². The average molecular weight is 340 g/mol. The highest BCUT2D eigenvalue weighted by atomic mass is 79.9. The van der Waals surface area contributed by atoms with Gasteiger partial charge in [0.25, 0.3) is 0 Å². The van der Waals surface area contributed by atoms with Crippen molar-refractivity contribution in [2.75, 3.05) is 6.61 Å². The first kappa shape index (κ1) is 14.6. The molecule has 0 aliphatic heterocycles. The third-order valence-electron chi connectivity index (χ3n) is 3.16. The smallest absolute Gasteiger partial charge is 0.0465 e. The standard InChI is InChI=1S/C16H16BrClO/c17-16-4-2-1-3-14(16)10-13(11-19)9-12-5-7-15(18)8-6-12/h1-8,13,19H,9-11H2. The van der Waals surface area contributed by atoms with Gasteiger partial charge in [0.05, 0.1) is 0 Å². The molecule has 0 radical (unpaired) electrons. The Morgan fingerprint density at radius 1 is 1.00 bits per heavy atom. The third-order valence-corrected chi connectivity index (χ3v) is 4.19. The number of hydrogen-bond acceptors (Lipinski definition) is 1. The molecule has 100 valence electrons. The van der Waals surface area contributed by atoms with Crippen molar-refractivity contribution in [1.82, 2.24) is 0 Å². The number of hydrogen-bond donors (Lipinski definition) is 1. The first-order valence-electron chi connectivity index (χ1n) is 6.27. The van der Waals surface area contributed by atoms with Crippen molar-refractivity contribution in [3.05, 3.63) is 69.2 Å². The minimum absolute atomic E-state index is 0.184. The number of aliphatic hydroxyl groups is 1. The molecule has 0 aliphatic rings. The minimum atomic E-state index is 0.184. The highest BCUT2D eigenvalue weighted by Crippen LogP contribution is 2.22. The Kier molecular flexibility index (Phi) is 5.44. The molecule has 0 bridgehead atoms. The van der Waals surface area contributed by atoms with Crippen molar-refractivity contribution < 1.29 is 5.11 Å². The Morgan fingerprint density at radius 3 is 2.32 bits per heavy atom. The van der Waals surface area contributed by atoms with Gasteiger partial charge in [-0.1, -0.05) is 57.9 Å². The van der Waals surface area contributed by atoms with Crippen LogP contribution >= 0.6 is 27.5 Å². The number of aliphatic hydroxyl groups excluding tert-OH is 1. The molecule has 0 spiro atoms. The van der Waals surface area contributed by atoms with E-state index < -0.39 is 0 Å². The number of benzene rings is 2. The highest BCUT2D eigenvalue weighted by molar-refractivity contribution is 9.10. The summed E-state index contributed by atoms with van der Waals surface area (Å²) in [7, 11) is 0. The van der Waals surface area contributed by atoms with Gasteiger partial charge in [-0.2, -0.15) is 0 Å². The molecule has 0 saturated carbocycles. The van der Waals surface area contributed by atoms with Crippen molar-refractivity contribution in [1.29, 1.82) is 0 Å². The normalized spacial score (nSPS) is 12.4. The van der Waals surface area contributed by atoms with Gasteiger partial charge in [0.15, 0.2) is 0 Å². The first-order chi connectivity index (χ1) is 9.19. The quantitative estimate of drug-likeness (QED) is 0.850. The van der Waals surface area contributed by atoms with Crippen LogP contribution in [0, 0.1) is 5.92 Å². The van der Waals surface area contributed by atoms with Crippen LogP contribution in [0.4, 0.5) is 0 Å². The van der Waals surface area contributed by atoms with Gasteiger partial charge in [-0.15, -0.1) is 0 Å². The molecule has 0 heterocycles. The van der Waals surface area contributed by atoms with Crippen molar-refractivity contribution in [2.24, 2.45) is 5.92 Å². The van der Waals surface area contributed by atoms with Crippen LogP contribution in [0.5, 0.6) is 0 Å². The van der Waals surface area contributed by atoms with Crippen LogP contribution in [0.25, 0.3) is 0 Å². The highest BCUT2D eigenvalue weighted by Gasteiger charge is 2.11. The molecule has 19 heavy (non-hydrogen) atoms. The number of halogens is 2. The first-order valence-corrected chi connectivity index (χ1v) is 7.45. The van der Waals surface area contributed by atoms with Crippen LogP contribution in [0.15, 0.2) is 53.0 Å². The predicted molar refractivity (Wildman–Crippen MR) is 83.6 cm³/mol. The van der Waals surface area contributed by atoms with Gasteiger partial charge in [0.1, 0.15) is 0 Å². The van der Waals surface area contributed by atoms with Crippen LogP contribution in [0.3, 0.4) is 0 Å². The second kappa shape index (κ2) is 7.09. The molecule has 0 saturated heterocycles. The number of rotatable bonds is 5. The van der Waals surface area contributed by atoms with Crippen molar-refractivity contribution >= 4 is 27.5 Å². The zero-order valence-electron chi connectivity index (χ0n) is 10.5. The molecule has 1 nitrogen and oxygen atoms in total. The van der Waals surface area contributed by atoms with Gasteiger partial charge >= 0.3 is 0 Å². The van der Waals surface area contributed by atoms with Crippen molar-refractivity contribution in [2.45, 2.75) is 12.8 Å². The molecular formula is C16H16BrClO. The third kappa shape index (κ3) is 4.34. The van der Waals surface area contributed by atoms with Gasteiger partial charge in [-0.05, 0) is 48.1 Å². The molecule has 2 aromatic rings. The van der Waals surface area contributed by atoms with Gasteiger partial charge < -0.3 is 5.11 Å². The summed E-state index contributed by atoms with van der Waals surface area (Å²) in [6.45, 7) is 0.184. The van der Waals surface area contributed by atoms with Crippen LogP contribution in [0.1, 0.15) is 11.1 Å². The Bertz CT molecular complexity index is 525. The Morgan fingerprint density at radius 2 is 1.68 bits per heavy atom. The van der Waals surface area contributed by atoms with E-state index in [9.17, 15) is 5.11 Å². The summed E-state index contributed by atoms with van der Waals surface area (Å²) >= 11 is 9.43. The summed E-state index contributed by atoms with van der Waals surface area (Å²) < 4.78 is 1.10. The van der Waals surface area contributed by atoms with Crippen LogP contribution in [-0.4, -0.2) is 11.7 Å². The largest absolute Gasteiger partial charge is 0.396 e. The van der Waals surface area contributed by atoms with Crippen LogP contribution in [-0.2, 0) is 12.8 Å². The molecule has 0 aliphatic carbocycles. The van der Waals surface area contributed by atoms with Crippen LogP contribution < -0.4 is 0 Å². The van der Waals surface area contributed by atoms with E-state index in [1.54, 1.807) is 0 Å². The summed E-state index contributed by atoms with van der Waals surface area (Å²) in [5.74, 6) is 0.222. The maximum Gasteiger partial charge on any atom is 0.0465 e.